The third-order valence-corrected chi connectivity index (χ3v) is 4.28. The first kappa shape index (κ1) is 23.8. The average Bonchev–Trinajstić information content (AvgIpc) is 3.16. The van der Waals surface area contributed by atoms with Gasteiger partial charge < -0.3 is 14.6 Å². The molecule has 0 aliphatic carbocycles. The smallest absolute Gasteiger partial charge is 0.435 e. The molecule has 1 N–H and O–H groups in total. The molecule has 1 heterocycles. The molecule has 0 saturated carbocycles. The van der Waals surface area contributed by atoms with E-state index in [1.54, 1.807) is 32.9 Å². The molecule has 0 aliphatic rings. The van der Waals surface area contributed by atoms with Crippen LogP contribution in [0.1, 0.15) is 52.7 Å². The maximum atomic E-state index is 13.2. The second-order valence-corrected chi connectivity index (χ2v) is 8.12. The fraction of sp³-hybridized carbons (Fsp3) is 0.261. The number of carbonyl (C=O) groups is 2. The van der Waals surface area contributed by atoms with E-state index in [2.05, 4.69) is 5.10 Å². The Hall–Kier alpha value is -3.82. The summed E-state index contributed by atoms with van der Waals surface area (Å²) in [5.74, 6) is -1.95. The summed E-state index contributed by atoms with van der Waals surface area (Å²) in [5, 5.41) is 12.7. The minimum Gasteiger partial charge on any atom is -0.478 e. The van der Waals surface area contributed by atoms with E-state index in [-0.39, 0.29) is 23.7 Å². The number of halogens is 3. The number of benzene rings is 2. The summed E-state index contributed by atoms with van der Waals surface area (Å²) >= 11 is 0. The van der Waals surface area contributed by atoms with E-state index >= 15 is 0 Å². The highest BCUT2D eigenvalue weighted by atomic mass is 19.4. The fourth-order valence-corrected chi connectivity index (χ4v) is 2.79. The van der Waals surface area contributed by atoms with Gasteiger partial charge in [-0.15, -0.1) is 0 Å². The number of carboxylic acid groups (broad SMARTS) is 1. The number of hydrogen-bond donors (Lipinski definition) is 1. The predicted octanol–water partition coefficient (Wildman–Crippen LogP) is 5.12. The van der Waals surface area contributed by atoms with Crippen LogP contribution in [-0.4, -0.2) is 32.4 Å². The zero-order chi connectivity index (χ0) is 24.4. The lowest BCUT2D eigenvalue weighted by Gasteiger charge is -2.19. The first-order chi connectivity index (χ1) is 15.3. The molecular formula is C23H21F3N2O5. The Morgan fingerprint density at radius 1 is 1.00 bits per heavy atom. The van der Waals surface area contributed by atoms with E-state index in [4.69, 9.17) is 14.6 Å². The fourth-order valence-electron chi connectivity index (χ4n) is 2.79. The molecule has 33 heavy (non-hydrogen) atoms. The highest BCUT2D eigenvalue weighted by Crippen LogP contribution is 2.32. The van der Waals surface area contributed by atoms with Crippen LogP contribution in [-0.2, 0) is 17.5 Å². The molecule has 3 rings (SSSR count). The molecule has 1 aromatic heterocycles. The molecule has 0 spiro atoms. The van der Waals surface area contributed by atoms with Crippen molar-refractivity contribution in [2.24, 2.45) is 0 Å². The Bertz CT molecular complexity index is 1160. The number of nitrogens with zero attached hydrogens (tertiary/aromatic N) is 2. The lowest BCUT2D eigenvalue weighted by atomic mass is 10.1. The van der Waals surface area contributed by atoms with Gasteiger partial charge in [0, 0.05) is 6.07 Å². The summed E-state index contributed by atoms with van der Waals surface area (Å²) in [5.41, 5.74) is -0.934. The van der Waals surface area contributed by atoms with E-state index in [1.165, 1.54) is 36.4 Å². The Labute approximate surface area is 187 Å². The van der Waals surface area contributed by atoms with Gasteiger partial charge in [-0.05, 0) is 56.7 Å². The SMILES string of the molecule is CC(C)(C)OC(=O)c1ccc(COc2cc(C(F)(F)F)nn2-c2cccc(C(=O)O)c2)cc1. The maximum Gasteiger partial charge on any atom is 0.435 e. The molecule has 0 atom stereocenters. The van der Waals surface area contributed by atoms with Gasteiger partial charge in [0.1, 0.15) is 12.2 Å². The van der Waals surface area contributed by atoms with Crippen molar-refractivity contribution in [3.63, 3.8) is 0 Å². The molecular weight excluding hydrogens is 441 g/mol. The number of alkyl halides is 3. The molecule has 0 unspecified atom stereocenters. The van der Waals surface area contributed by atoms with E-state index < -0.39 is 29.4 Å². The van der Waals surface area contributed by atoms with Gasteiger partial charge in [-0.3, -0.25) is 0 Å². The van der Waals surface area contributed by atoms with Crippen LogP contribution < -0.4 is 4.74 Å². The zero-order valence-electron chi connectivity index (χ0n) is 18.0. The summed E-state index contributed by atoms with van der Waals surface area (Å²) in [4.78, 5) is 23.3. The molecule has 7 nitrogen and oxygen atoms in total. The van der Waals surface area contributed by atoms with E-state index in [0.29, 0.717) is 11.1 Å². The van der Waals surface area contributed by atoms with Gasteiger partial charge in [-0.2, -0.15) is 18.3 Å². The van der Waals surface area contributed by atoms with Gasteiger partial charge in [0.2, 0.25) is 5.88 Å². The summed E-state index contributed by atoms with van der Waals surface area (Å²) < 4.78 is 51.5. The number of carboxylic acids is 1. The predicted molar refractivity (Wildman–Crippen MR) is 111 cm³/mol. The van der Waals surface area contributed by atoms with Crippen LogP contribution in [0.2, 0.25) is 0 Å². The van der Waals surface area contributed by atoms with Crippen LogP contribution in [0.5, 0.6) is 5.88 Å². The normalized spacial score (nSPS) is 11.8. The van der Waals surface area contributed by atoms with Crippen LogP contribution in [0.25, 0.3) is 5.69 Å². The number of rotatable bonds is 6. The van der Waals surface area contributed by atoms with Crippen LogP contribution in [0, 0.1) is 0 Å². The Morgan fingerprint density at radius 2 is 1.67 bits per heavy atom. The molecule has 174 valence electrons. The molecule has 0 bridgehead atoms. The number of esters is 1. The van der Waals surface area contributed by atoms with E-state index in [1.807, 2.05) is 0 Å². The minimum absolute atomic E-state index is 0.0978. The van der Waals surface area contributed by atoms with Gasteiger partial charge in [-0.1, -0.05) is 18.2 Å². The summed E-state index contributed by atoms with van der Waals surface area (Å²) in [6.45, 7) is 5.13. The molecule has 10 heteroatoms. The van der Waals surface area contributed by atoms with Gasteiger partial charge in [-0.25, -0.2) is 14.3 Å². The second kappa shape index (κ2) is 8.97. The van der Waals surface area contributed by atoms with Crippen molar-refractivity contribution in [1.29, 1.82) is 0 Å². The van der Waals surface area contributed by atoms with Crippen molar-refractivity contribution in [3.05, 3.63) is 77.0 Å². The number of ether oxygens (including phenoxy) is 2. The molecule has 2 aromatic carbocycles. The zero-order valence-corrected chi connectivity index (χ0v) is 18.0. The quantitative estimate of drug-likeness (QED) is 0.511. The minimum atomic E-state index is -4.72. The Kier molecular flexibility index (Phi) is 6.48. The van der Waals surface area contributed by atoms with Gasteiger partial charge in [0.15, 0.2) is 5.69 Å². The van der Waals surface area contributed by atoms with Crippen LogP contribution in [0.3, 0.4) is 0 Å². The average molecular weight is 462 g/mol. The third kappa shape index (κ3) is 6.12. The van der Waals surface area contributed by atoms with Crippen molar-refractivity contribution in [2.75, 3.05) is 0 Å². The van der Waals surface area contributed by atoms with E-state index in [0.717, 1.165) is 10.7 Å². The standard InChI is InChI=1S/C23H21F3N2O5/c1-22(2,3)33-21(31)15-9-7-14(8-10-15)13-32-19-12-18(23(24,25)26)27-28(19)17-6-4-5-16(11-17)20(29)30/h4-12H,13H2,1-3H3,(H,29,30). The monoisotopic (exact) mass is 462 g/mol. The highest BCUT2D eigenvalue weighted by molar-refractivity contribution is 5.89. The summed E-state index contributed by atoms with van der Waals surface area (Å²) in [6.07, 6.45) is -4.72. The van der Waals surface area contributed by atoms with Gasteiger partial charge >= 0.3 is 18.1 Å². The van der Waals surface area contributed by atoms with Gasteiger partial charge in [0.25, 0.3) is 0 Å². The third-order valence-electron chi connectivity index (χ3n) is 4.28. The van der Waals surface area contributed by atoms with Crippen molar-refractivity contribution in [1.82, 2.24) is 9.78 Å². The first-order valence-electron chi connectivity index (χ1n) is 9.79. The highest BCUT2D eigenvalue weighted by Gasteiger charge is 2.35. The number of carbonyl (C=O) groups excluding carboxylic acids is 1. The topological polar surface area (TPSA) is 90.7 Å². The number of hydrogen-bond acceptors (Lipinski definition) is 5. The first-order valence-corrected chi connectivity index (χ1v) is 9.79. The number of aromatic carboxylic acids is 1. The van der Waals surface area contributed by atoms with Crippen molar-refractivity contribution in [3.8, 4) is 11.6 Å². The molecule has 0 saturated heterocycles. The largest absolute Gasteiger partial charge is 0.478 e. The summed E-state index contributed by atoms with van der Waals surface area (Å²) in [7, 11) is 0. The lowest BCUT2D eigenvalue weighted by molar-refractivity contribution is -0.141. The van der Waals surface area contributed by atoms with Gasteiger partial charge in [0.05, 0.1) is 16.8 Å². The van der Waals surface area contributed by atoms with Crippen molar-refractivity contribution >= 4 is 11.9 Å². The molecule has 0 aliphatic heterocycles. The Morgan fingerprint density at radius 3 is 2.24 bits per heavy atom. The molecule has 0 radical (unpaired) electrons. The van der Waals surface area contributed by atoms with Crippen LogP contribution >= 0.6 is 0 Å². The second-order valence-electron chi connectivity index (χ2n) is 8.12. The lowest BCUT2D eigenvalue weighted by Crippen LogP contribution is -2.23. The van der Waals surface area contributed by atoms with Crippen LogP contribution in [0.4, 0.5) is 13.2 Å². The van der Waals surface area contributed by atoms with Crippen LogP contribution in [0.15, 0.2) is 54.6 Å². The van der Waals surface area contributed by atoms with E-state index in [9.17, 15) is 22.8 Å². The summed E-state index contributed by atoms with van der Waals surface area (Å²) in [6, 6.07) is 12.3. The molecule has 3 aromatic rings. The van der Waals surface area contributed by atoms with Crippen molar-refractivity contribution < 1.29 is 37.3 Å². The number of aromatic nitrogens is 2. The Balaban J connectivity index is 1.83. The maximum absolute atomic E-state index is 13.2. The molecule has 0 amide bonds. The molecule has 0 fully saturated rings. The van der Waals surface area contributed by atoms with Crippen molar-refractivity contribution in [2.45, 2.75) is 39.2 Å².